The van der Waals surface area contributed by atoms with E-state index >= 15 is 0 Å². The van der Waals surface area contributed by atoms with E-state index in [1.54, 1.807) is 6.07 Å². The SMILES string of the molecule is Cc1c(C)c(S(=S)(=S)[S-](=S)=S)c(NC(=O)c2ccnc(Cl)c2)c(C2=CCNCC2)c1[S-](=S)=S. The number of benzene rings is 1. The number of pyridine rings is 1. The van der Waals surface area contributed by atoms with E-state index in [1.165, 1.54) is 12.3 Å². The molecule has 1 aromatic carbocycles. The topological polar surface area (TPSA) is 54.0 Å². The standard InChI is InChI=1S/C19H18ClN3OS9/c1-10-11(2)18(33(29,30)32(27)28)16(23-19(24)13-5-8-22-14(20)9-13)15(17(10)31(25)26)12-3-6-21-7-4-12/h3,5,8-9,21H,4,6-7H2,1-2H3,(H,23,24)/q-2. The molecular formula is C19H18ClN3OS9-2. The highest BCUT2D eigenvalue weighted by atomic mass is 35.5. The maximum Gasteiger partial charge on any atom is 0.255 e. The molecule has 0 radical (unpaired) electrons. The van der Waals surface area contributed by atoms with Crippen molar-refractivity contribution in [2.75, 3.05) is 18.4 Å². The van der Waals surface area contributed by atoms with E-state index in [0.717, 1.165) is 40.1 Å². The highest BCUT2D eigenvalue weighted by Gasteiger charge is 2.24. The van der Waals surface area contributed by atoms with Gasteiger partial charge in [-0.1, -0.05) is 45.6 Å². The number of anilines is 1. The molecule has 0 saturated carbocycles. The van der Waals surface area contributed by atoms with E-state index in [-0.39, 0.29) is 11.1 Å². The molecule has 1 aliphatic rings. The molecule has 0 spiro atoms. The average molecular weight is 628 g/mol. The average Bonchev–Trinajstić information content (AvgIpc) is 2.76. The molecule has 0 aliphatic carbocycles. The summed E-state index contributed by atoms with van der Waals surface area (Å²) in [5, 5.41) is 6.59. The fraction of sp³-hybridized carbons (Fsp3) is 0.263. The first-order chi connectivity index (χ1) is 15.5. The summed E-state index contributed by atoms with van der Waals surface area (Å²) in [5.41, 5.74) is 4.49. The zero-order valence-corrected chi connectivity index (χ0v) is 25.4. The molecule has 3 rings (SSSR count). The van der Waals surface area contributed by atoms with Crippen LogP contribution in [-0.4, -0.2) is 24.0 Å². The van der Waals surface area contributed by atoms with E-state index in [9.17, 15) is 4.79 Å². The number of hydrogen-bond acceptors (Lipinski definition) is 11. The predicted octanol–water partition coefficient (Wildman–Crippen LogP) is 3.78. The Morgan fingerprint density at radius 3 is 2.45 bits per heavy atom. The summed E-state index contributed by atoms with van der Waals surface area (Å²) in [6.07, 6.45) is 1.87. The summed E-state index contributed by atoms with van der Waals surface area (Å²) in [5.74, 6) is -0.368. The minimum absolute atomic E-state index is 0.215. The molecule has 0 unspecified atom stereocenters. The van der Waals surface area contributed by atoms with Crippen molar-refractivity contribution < 1.29 is 4.79 Å². The maximum absolute atomic E-state index is 13.3. The van der Waals surface area contributed by atoms with Gasteiger partial charge < -0.3 is 18.6 Å². The van der Waals surface area contributed by atoms with Crippen molar-refractivity contribution in [3.63, 3.8) is 0 Å². The number of carbonyl (C=O) groups excluding carboxylic acids is 1. The van der Waals surface area contributed by atoms with Crippen molar-refractivity contribution in [1.82, 2.24) is 10.3 Å². The highest BCUT2D eigenvalue weighted by molar-refractivity contribution is 9.05. The van der Waals surface area contributed by atoms with Gasteiger partial charge in [0.1, 0.15) is 5.15 Å². The zero-order chi connectivity index (χ0) is 24.5. The van der Waals surface area contributed by atoms with Crippen molar-refractivity contribution in [3.8, 4) is 0 Å². The number of hydrogen-bond donors (Lipinski definition) is 2. The van der Waals surface area contributed by atoms with Gasteiger partial charge in [-0.3, -0.25) is 34.2 Å². The van der Waals surface area contributed by atoms with Gasteiger partial charge in [0.15, 0.2) is 0 Å². The second kappa shape index (κ2) is 11.5. The molecule has 1 aromatic heterocycles. The van der Waals surface area contributed by atoms with Crippen LogP contribution in [0.2, 0.25) is 5.15 Å². The molecule has 14 heteroatoms. The van der Waals surface area contributed by atoms with Crippen molar-refractivity contribution in [2.24, 2.45) is 0 Å². The Balaban J connectivity index is 2.45. The van der Waals surface area contributed by atoms with Crippen LogP contribution in [0, 0.1) is 13.8 Å². The summed E-state index contributed by atoms with van der Waals surface area (Å²) in [6, 6.07) is 3.09. The van der Waals surface area contributed by atoms with Crippen LogP contribution in [0.3, 0.4) is 0 Å². The number of nitrogens with one attached hydrogen (secondary N) is 2. The largest absolute Gasteiger partial charge is 0.321 e. The van der Waals surface area contributed by atoms with E-state index in [1.807, 2.05) is 13.8 Å². The Morgan fingerprint density at radius 1 is 1.21 bits per heavy atom. The normalized spacial score (nSPS) is 14.4. The summed E-state index contributed by atoms with van der Waals surface area (Å²) < 4.78 is 0. The van der Waals surface area contributed by atoms with E-state index in [4.69, 9.17) is 78.7 Å². The van der Waals surface area contributed by atoms with E-state index in [0.29, 0.717) is 22.7 Å². The number of aromatic nitrogens is 1. The number of rotatable bonds is 6. The Labute approximate surface area is 230 Å². The second-order valence-electron chi connectivity index (χ2n) is 7.06. The quantitative estimate of drug-likeness (QED) is 0.283. The van der Waals surface area contributed by atoms with Gasteiger partial charge in [0.25, 0.3) is 5.91 Å². The molecule has 33 heavy (non-hydrogen) atoms. The predicted molar refractivity (Wildman–Crippen MR) is 161 cm³/mol. The fourth-order valence-corrected chi connectivity index (χ4v) is 10.3. The van der Waals surface area contributed by atoms with Gasteiger partial charge in [-0.25, -0.2) is 27.4 Å². The highest BCUT2D eigenvalue weighted by Crippen LogP contribution is 2.42. The first kappa shape index (κ1) is 27.8. The molecule has 0 saturated heterocycles. The van der Waals surface area contributed by atoms with Crippen molar-refractivity contribution in [1.29, 1.82) is 0 Å². The van der Waals surface area contributed by atoms with Crippen molar-refractivity contribution in [3.05, 3.63) is 51.8 Å². The van der Waals surface area contributed by atoms with Crippen LogP contribution >= 0.6 is 11.6 Å². The van der Waals surface area contributed by atoms with E-state index in [2.05, 4.69) is 21.7 Å². The van der Waals surface area contributed by atoms with Gasteiger partial charge in [-0.2, -0.15) is 0 Å². The second-order valence-corrected chi connectivity index (χ2v) is 24.0. The molecule has 1 aliphatic heterocycles. The smallest absolute Gasteiger partial charge is 0.255 e. The third-order valence-corrected chi connectivity index (χ3v) is 20.4. The Hall–Kier alpha value is 0.200. The van der Waals surface area contributed by atoms with Crippen molar-refractivity contribution in [2.45, 2.75) is 30.1 Å². The molecule has 2 aromatic rings. The lowest BCUT2D eigenvalue weighted by atomic mass is 9.94. The van der Waals surface area contributed by atoms with Crippen LogP contribution in [0.1, 0.15) is 33.5 Å². The van der Waals surface area contributed by atoms with Gasteiger partial charge in [0.05, 0.1) is 5.69 Å². The van der Waals surface area contributed by atoms with Gasteiger partial charge >= 0.3 is 0 Å². The minimum Gasteiger partial charge on any atom is -0.321 e. The van der Waals surface area contributed by atoms with Crippen LogP contribution in [-0.2, 0) is 88.4 Å². The fourth-order valence-electron chi connectivity index (χ4n) is 3.54. The molecule has 0 fully saturated rings. The molecule has 2 heterocycles. The lowest BCUT2D eigenvalue weighted by molar-refractivity contribution is 0.102. The molecule has 0 atom stereocenters. The Morgan fingerprint density at radius 2 is 1.91 bits per heavy atom. The maximum atomic E-state index is 13.3. The van der Waals surface area contributed by atoms with Crippen LogP contribution in [0.4, 0.5) is 5.69 Å². The molecule has 4 nitrogen and oxygen atoms in total. The zero-order valence-electron chi connectivity index (χ0n) is 17.3. The minimum atomic E-state index is -2.44. The Kier molecular flexibility index (Phi) is 9.68. The van der Waals surface area contributed by atoms with Gasteiger partial charge in [-0.05, 0) is 55.6 Å². The number of halogens is 1. The number of amides is 1. The molecule has 1 amide bonds. The summed E-state index contributed by atoms with van der Waals surface area (Å²) in [4.78, 5) is 18.8. The summed E-state index contributed by atoms with van der Waals surface area (Å²) >= 11 is 39.8. The van der Waals surface area contributed by atoms with E-state index < -0.39 is 21.2 Å². The third kappa shape index (κ3) is 5.96. The van der Waals surface area contributed by atoms with Gasteiger partial charge in [0.2, 0.25) is 0 Å². The first-order valence-corrected chi connectivity index (χ1v) is 19.9. The summed E-state index contributed by atoms with van der Waals surface area (Å²) in [6.45, 7) is 5.37. The summed E-state index contributed by atoms with van der Waals surface area (Å²) in [7, 11) is -2.00. The molecule has 0 bridgehead atoms. The van der Waals surface area contributed by atoms with Crippen LogP contribution < -0.4 is 10.6 Å². The molecule has 178 valence electrons. The Bertz CT molecular complexity index is 1420. The van der Waals surface area contributed by atoms with Gasteiger partial charge in [-0.15, -0.1) is 11.1 Å². The van der Waals surface area contributed by atoms with Gasteiger partial charge in [0, 0.05) is 23.2 Å². The van der Waals surface area contributed by atoms with Crippen LogP contribution in [0.25, 0.3) is 5.57 Å². The first-order valence-electron chi connectivity index (χ1n) is 9.41. The number of carbonyl (C=O) groups is 1. The van der Waals surface area contributed by atoms with Crippen molar-refractivity contribution >= 4 is 117 Å². The molecular weight excluding hydrogens is 610 g/mol. The monoisotopic (exact) mass is 627 g/mol. The lowest BCUT2D eigenvalue weighted by Gasteiger charge is -2.32. The third-order valence-electron chi connectivity index (χ3n) is 5.16. The van der Waals surface area contributed by atoms with Crippen LogP contribution in [0.5, 0.6) is 0 Å². The molecule has 2 N–H and O–H groups in total. The van der Waals surface area contributed by atoms with Crippen LogP contribution in [0.15, 0.2) is 34.2 Å². The number of nitrogens with zero attached hydrogens (tertiary/aromatic N) is 1. The lowest BCUT2D eigenvalue weighted by Crippen LogP contribution is -2.23.